The zero-order chi connectivity index (χ0) is 12.3. The van der Waals surface area contributed by atoms with Crippen LogP contribution in [-0.2, 0) is 0 Å². The van der Waals surface area contributed by atoms with Gasteiger partial charge in [-0.1, -0.05) is 30.3 Å². The van der Waals surface area contributed by atoms with Crippen LogP contribution in [0.2, 0.25) is 0 Å². The van der Waals surface area contributed by atoms with E-state index < -0.39 is 6.04 Å². The number of carbonyl (C=O) groups excluding carboxylic acids is 1. The number of nitriles is 1. The molecule has 0 saturated heterocycles. The Bertz CT molecular complexity index is 499. The maximum Gasteiger partial charge on any atom is 0.185 e. The quantitative estimate of drug-likeness (QED) is 0.738. The highest BCUT2D eigenvalue weighted by Crippen LogP contribution is 2.17. The van der Waals surface area contributed by atoms with E-state index in [1.807, 2.05) is 12.1 Å². The number of hydrogen-bond acceptors (Lipinski definition) is 4. The van der Waals surface area contributed by atoms with Crippen LogP contribution in [0.25, 0.3) is 0 Å². The van der Waals surface area contributed by atoms with Gasteiger partial charge in [0.05, 0.1) is 11.6 Å². The topological polar surface area (TPSA) is 78.9 Å². The van der Waals surface area contributed by atoms with Gasteiger partial charge < -0.3 is 11.1 Å². The predicted molar refractivity (Wildman–Crippen MR) is 64.0 cm³/mol. The van der Waals surface area contributed by atoms with Crippen molar-refractivity contribution < 1.29 is 4.79 Å². The van der Waals surface area contributed by atoms with Crippen LogP contribution < -0.4 is 11.1 Å². The molecule has 1 aromatic rings. The maximum atomic E-state index is 12.2. The van der Waals surface area contributed by atoms with E-state index in [1.165, 1.54) is 0 Å². The number of nitrogens with one attached hydrogen (secondary N) is 1. The largest absolute Gasteiger partial charge is 0.401 e. The lowest BCUT2D eigenvalue weighted by Gasteiger charge is -2.23. The molecule has 0 bridgehead atoms. The van der Waals surface area contributed by atoms with Crippen molar-refractivity contribution in [3.8, 4) is 6.07 Å². The number of rotatable bonds is 2. The van der Waals surface area contributed by atoms with Crippen LogP contribution in [0.4, 0.5) is 0 Å². The summed E-state index contributed by atoms with van der Waals surface area (Å²) in [6, 6.07) is 10.4. The first kappa shape index (κ1) is 11.4. The van der Waals surface area contributed by atoms with Crippen molar-refractivity contribution in [1.82, 2.24) is 5.32 Å². The second kappa shape index (κ2) is 4.81. The minimum absolute atomic E-state index is 0.107. The summed E-state index contributed by atoms with van der Waals surface area (Å²) >= 11 is 0. The second-order valence-corrected chi connectivity index (χ2v) is 3.92. The number of nitrogens with two attached hydrogens (primary N) is 1. The van der Waals surface area contributed by atoms with E-state index >= 15 is 0 Å². The molecule has 0 radical (unpaired) electrons. The van der Waals surface area contributed by atoms with E-state index in [0.717, 1.165) is 0 Å². The summed E-state index contributed by atoms with van der Waals surface area (Å²) in [7, 11) is 0. The molecule has 0 spiro atoms. The lowest BCUT2D eigenvalue weighted by atomic mass is 9.93. The number of hydrogen-bond donors (Lipinski definition) is 2. The van der Waals surface area contributed by atoms with Crippen molar-refractivity contribution in [2.45, 2.75) is 12.5 Å². The molecule has 2 rings (SSSR count). The Morgan fingerprint density at radius 1 is 1.41 bits per heavy atom. The molecule has 1 unspecified atom stereocenters. The molecule has 86 valence electrons. The van der Waals surface area contributed by atoms with Crippen molar-refractivity contribution in [2.75, 3.05) is 6.54 Å². The van der Waals surface area contributed by atoms with Gasteiger partial charge in [-0.25, -0.2) is 0 Å². The van der Waals surface area contributed by atoms with Crippen LogP contribution in [0.1, 0.15) is 16.8 Å². The first-order valence-corrected chi connectivity index (χ1v) is 5.45. The lowest BCUT2D eigenvalue weighted by molar-refractivity contribution is 0.0957. The van der Waals surface area contributed by atoms with Crippen LogP contribution in [0, 0.1) is 11.3 Å². The Labute approximate surface area is 99.7 Å². The number of nitrogens with zero attached hydrogens (tertiary/aromatic N) is 1. The van der Waals surface area contributed by atoms with Gasteiger partial charge in [0.15, 0.2) is 5.78 Å². The predicted octanol–water partition coefficient (Wildman–Crippen LogP) is 0.968. The molecular weight excluding hydrogens is 214 g/mol. The molecule has 0 aliphatic carbocycles. The Hall–Kier alpha value is -2.12. The van der Waals surface area contributed by atoms with E-state index in [4.69, 9.17) is 11.0 Å². The van der Waals surface area contributed by atoms with Gasteiger partial charge in [-0.15, -0.1) is 0 Å². The van der Waals surface area contributed by atoms with Crippen LogP contribution in [-0.4, -0.2) is 18.4 Å². The van der Waals surface area contributed by atoms with Crippen LogP contribution in [0.5, 0.6) is 0 Å². The first-order chi connectivity index (χ1) is 8.24. The molecule has 0 aromatic heterocycles. The Morgan fingerprint density at radius 2 is 2.12 bits per heavy atom. The Morgan fingerprint density at radius 3 is 2.76 bits per heavy atom. The van der Waals surface area contributed by atoms with Gasteiger partial charge in [0.25, 0.3) is 0 Å². The molecule has 1 heterocycles. The third-order valence-corrected chi connectivity index (χ3v) is 2.82. The molecule has 1 aromatic carbocycles. The molecular formula is C13H13N3O. The van der Waals surface area contributed by atoms with E-state index in [0.29, 0.717) is 29.8 Å². The minimum Gasteiger partial charge on any atom is -0.401 e. The third kappa shape index (κ3) is 2.19. The van der Waals surface area contributed by atoms with Crippen LogP contribution in [0.15, 0.2) is 41.6 Å². The van der Waals surface area contributed by atoms with Gasteiger partial charge in [-0.2, -0.15) is 5.26 Å². The highest BCUT2D eigenvalue weighted by atomic mass is 16.1. The average molecular weight is 227 g/mol. The zero-order valence-electron chi connectivity index (χ0n) is 9.31. The van der Waals surface area contributed by atoms with Gasteiger partial charge in [0, 0.05) is 24.2 Å². The third-order valence-electron chi connectivity index (χ3n) is 2.82. The fourth-order valence-electron chi connectivity index (χ4n) is 1.90. The van der Waals surface area contributed by atoms with Crippen LogP contribution >= 0.6 is 0 Å². The smallest absolute Gasteiger partial charge is 0.185 e. The zero-order valence-corrected chi connectivity index (χ0v) is 9.31. The minimum atomic E-state index is -0.601. The molecule has 0 amide bonds. The Balaban J connectivity index is 2.32. The molecule has 17 heavy (non-hydrogen) atoms. The summed E-state index contributed by atoms with van der Waals surface area (Å²) in [5.74, 6) is -0.107. The molecule has 3 N–H and O–H groups in total. The summed E-state index contributed by atoms with van der Waals surface area (Å²) < 4.78 is 0. The SMILES string of the molecule is N#CC1=C(N)CCNC1C(=O)c1ccccc1. The molecule has 4 heteroatoms. The molecule has 1 aliphatic heterocycles. The first-order valence-electron chi connectivity index (χ1n) is 5.45. The molecule has 1 atom stereocenters. The van der Waals surface area contributed by atoms with Crippen molar-refractivity contribution in [2.24, 2.45) is 5.73 Å². The van der Waals surface area contributed by atoms with Gasteiger partial charge in [-0.05, 0) is 0 Å². The summed E-state index contributed by atoms with van der Waals surface area (Å²) in [5, 5.41) is 12.1. The van der Waals surface area contributed by atoms with Crippen molar-refractivity contribution >= 4 is 5.78 Å². The van der Waals surface area contributed by atoms with Gasteiger partial charge in [0.1, 0.15) is 6.04 Å². The number of carbonyl (C=O) groups is 1. The number of Topliss-reactive ketones (excluding diaryl/α,β-unsaturated/α-hetero) is 1. The van der Waals surface area contributed by atoms with E-state index in [-0.39, 0.29) is 5.78 Å². The lowest BCUT2D eigenvalue weighted by Crippen LogP contribution is -2.43. The van der Waals surface area contributed by atoms with E-state index in [9.17, 15) is 4.79 Å². The molecule has 1 aliphatic rings. The fraction of sp³-hybridized carbons (Fsp3) is 0.231. The van der Waals surface area contributed by atoms with Crippen molar-refractivity contribution in [3.05, 3.63) is 47.2 Å². The van der Waals surface area contributed by atoms with Crippen molar-refractivity contribution in [1.29, 1.82) is 5.26 Å². The van der Waals surface area contributed by atoms with Gasteiger partial charge >= 0.3 is 0 Å². The Kier molecular flexibility index (Phi) is 3.22. The highest BCUT2D eigenvalue weighted by molar-refractivity contribution is 6.02. The summed E-state index contributed by atoms with van der Waals surface area (Å²) in [5.41, 5.74) is 7.22. The second-order valence-electron chi connectivity index (χ2n) is 3.92. The maximum absolute atomic E-state index is 12.2. The summed E-state index contributed by atoms with van der Waals surface area (Å²) in [4.78, 5) is 12.2. The molecule has 0 fully saturated rings. The van der Waals surface area contributed by atoms with Crippen LogP contribution in [0.3, 0.4) is 0 Å². The monoisotopic (exact) mass is 227 g/mol. The number of benzene rings is 1. The van der Waals surface area contributed by atoms with E-state index in [1.54, 1.807) is 24.3 Å². The number of ketones is 1. The van der Waals surface area contributed by atoms with Gasteiger partial charge in [0.2, 0.25) is 0 Å². The van der Waals surface area contributed by atoms with Crippen molar-refractivity contribution in [3.63, 3.8) is 0 Å². The standard InChI is InChI=1S/C13H13N3O/c14-8-10-11(15)6-7-16-12(10)13(17)9-4-2-1-3-5-9/h1-5,12,16H,6-7,15H2. The average Bonchev–Trinajstić information content (AvgIpc) is 2.38. The molecule has 4 nitrogen and oxygen atoms in total. The fourth-order valence-corrected chi connectivity index (χ4v) is 1.90. The summed E-state index contributed by atoms with van der Waals surface area (Å²) in [6.07, 6.45) is 0.613. The molecule has 0 saturated carbocycles. The van der Waals surface area contributed by atoms with Gasteiger partial charge in [-0.3, -0.25) is 4.79 Å². The summed E-state index contributed by atoms with van der Waals surface area (Å²) in [6.45, 7) is 0.625. The normalized spacial score (nSPS) is 19.8. The van der Waals surface area contributed by atoms with E-state index in [2.05, 4.69) is 5.32 Å². The highest BCUT2D eigenvalue weighted by Gasteiger charge is 2.28.